The molecule has 0 fully saturated rings. The first-order chi connectivity index (χ1) is 9.52. The van der Waals surface area contributed by atoms with Crippen LogP contribution in [0.15, 0.2) is 35.1 Å². The van der Waals surface area contributed by atoms with Crippen LogP contribution in [0.25, 0.3) is 0 Å². The van der Waals surface area contributed by atoms with Gasteiger partial charge in [0.25, 0.3) is 5.91 Å². The maximum absolute atomic E-state index is 13.6. The Morgan fingerprint density at radius 3 is 2.70 bits per heavy atom. The van der Waals surface area contributed by atoms with Crippen LogP contribution in [-0.4, -0.2) is 17.9 Å². The average molecular weight is 342 g/mol. The van der Waals surface area contributed by atoms with Gasteiger partial charge in [-0.15, -0.1) is 0 Å². The Bertz CT molecular complexity index is 664. The predicted octanol–water partition coefficient (Wildman–Crippen LogP) is 3.42. The first kappa shape index (κ1) is 14.4. The number of pyridine rings is 1. The number of carbonyl (C=O) groups excluding carboxylic acids is 1. The zero-order chi connectivity index (χ0) is 14.7. The lowest BCUT2D eigenvalue weighted by Gasteiger charge is -2.10. The molecular formula is C13H10BrF2N3O. The van der Waals surface area contributed by atoms with E-state index < -0.39 is 17.5 Å². The molecule has 0 aliphatic rings. The van der Waals surface area contributed by atoms with Crippen LogP contribution in [0.5, 0.6) is 0 Å². The average Bonchev–Trinajstić information content (AvgIpc) is 2.44. The number of amides is 1. The lowest BCUT2D eigenvalue weighted by atomic mass is 10.2. The summed E-state index contributed by atoms with van der Waals surface area (Å²) in [6.07, 6.45) is 2.90. The molecule has 20 heavy (non-hydrogen) atoms. The molecule has 1 aromatic carbocycles. The maximum atomic E-state index is 13.6. The van der Waals surface area contributed by atoms with Crippen LogP contribution in [0.2, 0.25) is 0 Å². The zero-order valence-corrected chi connectivity index (χ0v) is 12.0. The van der Waals surface area contributed by atoms with Gasteiger partial charge in [0.05, 0.1) is 27.6 Å². The molecule has 0 atom stereocenters. The molecule has 0 radical (unpaired) electrons. The molecule has 0 unspecified atom stereocenters. The predicted molar refractivity (Wildman–Crippen MR) is 75.8 cm³/mol. The number of nitrogens with one attached hydrogen (secondary N) is 2. The number of benzene rings is 1. The van der Waals surface area contributed by atoms with Gasteiger partial charge in [-0.05, 0) is 28.1 Å². The number of hydrogen-bond donors (Lipinski definition) is 2. The van der Waals surface area contributed by atoms with Crippen molar-refractivity contribution in [3.63, 3.8) is 0 Å². The third kappa shape index (κ3) is 2.93. The van der Waals surface area contributed by atoms with Crippen molar-refractivity contribution in [3.8, 4) is 0 Å². The lowest BCUT2D eigenvalue weighted by molar-refractivity contribution is 0.102. The van der Waals surface area contributed by atoms with Crippen LogP contribution in [-0.2, 0) is 0 Å². The fraction of sp³-hybridized carbons (Fsp3) is 0.0769. The zero-order valence-electron chi connectivity index (χ0n) is 10.4. The monoisotopic (exact) mass is 341 g/mol. The molecule has 1 aromatic heterocycles. The van der Waals surface area contributed by atoms with Crippen LogP contribution in [0.4, 0.5) is 20.2 Å². The second-order valence-corrected chi connectivity index (χ2v) is 4.73. The van der Waals surface area contributed by atoms with E-state index >= 15 is 0 Å². The molecule has 0 aliphatic carbocycles. The molecular weight excluding hydrogens is 332 g/mol. The number of rotatable bonds is 3. The maximum Gasteiger partial charge on any atom is 0.257 e. The molecule has 1 amide bonds. The van der Waals surface area contributed by atoms with Crippen molar-refractivity contribution in [2.24, 2.45) is 0 Å². The van der Waals surface area contributed by atoms with Crippen molar-refractivity contribution in [1.29, 1.82) is 0 Å². The Morgan fingerprint density at radius 1 is 1.25 bits per heavy atom. The summed E-state index contributed by atoms with van der Waals surface area (Å²) >= 11 is 2.87. The lowest BCUT2D eigenvalue weighted by Crippen LogP contribution is -2.15. The summed E-state index contributed by atoms with van der Waals surface area (Å²) in [6.45, 7) is 0. The highest BCUT2D eigenvalue weighted by atomic mass is 79.9. The number of halogens is 3. The normalized spacial score (nSPS) is 10.2. The number of anilines is 2. The highest BCUT2D eigenvalue weighted by Gasteiger charge is 2.14. The van der Waals surface area contributed by atoms with Crippen molar-refractivity contribution >= 4 is 33.2 Å². The highest BCUT2D eigenvalue weighted by Crippen LogP contribution is 2.24. The van der Waals surface area contributed by atoms with Crippen molar-refractivity contribution in [3.05, 3.63) is 52.3 Å². The molecule has 104 valence electrons. The molecule has 0 saturated carbocycles. The van der Waals surface area contributed by atoms with E-state index in [4.69, 9.17) is 0 Å². The summed E-state index contributed by atoms with van der Waals surface area (Å²) in [5.74, 6) is -1.95. The van der Waals surface area contributed by atoms with E-state index in [0.717, 1.165) is 12.1 Å². The van der Waals surface area contributed by atoms with E-state index in [9.17, 15) is 13.6 Å². The van der Waals surface area contributed by atoms with Crippen LogP contribution in [0.1, 0.15) is 10.4 Å². The van der Waals surface area contributed by atoms with Crippen molar-refractivity contribution in [2.75, 3.05) is 17.7 Å². The molecule has 7 heteroatoms. The molecule has 1 heterocycles. The quantitative estimate of drug-likeness (QED) is 0.841. The van der Waals surface area contributed by atoms with Crippen molar-refractivity contribution < 1.29 is 13.6 Å². The van der Waals surface area contributed by atoms with Gasteiger partial charge in [0.2, 0.25) is 0 Å². The SMILES string of the molecule is CNc1cnccc1C(=O)Nc1cc(F)c(Br)cc1F. The van der Waals surface area contributed by atoms with Gasteiger partial charge in [-0.1, -0.05) is 0 Å². The molecule has 0 spiro atoms. The standard InChI is InChI=1S/C13H10BrF2N3O/c1-17-12-6-18-3-2-7(12)13(20)19-11-5-9(15)8(14)4-10(11)16/h2-6,17H,1H3,(H,19,20). The van der Waals surface area contributed by atoms with Crippen LogP contribution >= 0.6 is 15.9 Å². The summed E-state index contributed by atoms with van der Waals surface area (Å²) in [6, 6.07) is 3.35. The highest BCUT2D eigenvalue weighted by molar-refractivity contribution is 9.10. The second-order valence-electron chi connectivity index (χ2n) is 3.87. The smallest absolute Gasteiger partial charge is 0.257 e. The number of carbonyl (C=O) groups is 1. The van der Waals surface area contributed by atoms with Gasteiger partial charge < -0.3 is 10.6 Å². The summed E-state index contributed by atoms with van der Waals surface area (Å²) in [5.41, 5.74) is 0.544. The van der Waals surface area contributed by atoms with E-state index in [1.165, 1.54) is 18.5 Å². The molecule has 4 nitrogen and oxygen atoms in total. The van der Waals surface area contributed by atoms with Gasteiger partial charge in [0, 0.05) is 19.3 Å². The molecule has 0 bridgehead atoms. The number of nitrogens with zero attached hydrogens (tertiary/aromatic N) is 1. The minimum Gasteiger partial charge on any atom is -0.386 e. The van der Waals surface area contributed by atoms with E-state index in [0.29, 0.717) is 5.69 Å². The Morgan fingerprint density at radius 2 is 2.00 bits per heavy atom. The molecule has 2 aromatic rings. The summed E-state index contributed by atoms with van der Waals surface area (Å²) in [7, 11) is 1.63. The fourth-order valence-corrected chi connectivity index (χ4v) is 1.92. The molecule has 2 N–H and O–H groups in total. The first-order valence-electron chi connectivity index (χ1n) is 5.60. The number of aromatic nitrogens is 1. The van der Waals surface area contributed by atoms with E-state index in [2.05, 4.69) is 31.5 Å². The second kappa shape index (κ2) is 5.96. The minimum atomic E-state index is -0.730. The van der Waals surface area contributed by atoms with Gasteiger partial charge in [-0.25, -0.2) is 8.78 Å². The third-order valence-corrected chi connectivity index (χ3v) is 3.20. The van der Waals surface area contributed by atoms with Crippen molar-refractivity contribution in [1.82, 2.24) is 4.98 Å². The minimum absolute atomic E-state index is 0.00664. The number of hydrogen-bond acceptors (Lipinski definition) is 3. The summed E-state index contributed by atoms with van der Waals surface area (Å²) in [5, 5.41) is 5.13. The third-order valence-electron chi connectivity index (χ3n) is 2.59. The van der Waals surface area contributed by atoms with E-state index in [1.54, 1.807) is 7.05 Å². The van der Waals surface area contributed by atoms with Crippen LogP contribution in [0, 0.1) is 11.6 Å². The summed E-state index contributed by atoms with van der Waals surface area (Å²) < 4.78 is 27.0. The largest absolute Gasteiger partial charge is 0.386 e. The van der Waals surface area contributed by atoms with Gasteiger partial charge in [-0.3, -0.25) is 9.78 Å². The Balaban J connectivity index is 2.30. The van der Waals surface area contributed by atoms with Crippen molar-refractivity contribution in [2.45, 2.75) is 0 Å². The van der Waals surface area contributed by atoms with E-state index in [1.807, 2.05) is 0 Å². The Kier molecular flexibility index (Phi) is 4.29. The Labute approximate surface area is 122 Å². The topological polar surface area (TPSA) is 54.0 Å². The van der Waals surface area contributed by atoms with Crippen LogP contribution in [0.3, 0.4) is 0 Å². The van der Waals surface area contributed by atoms with Gasteiger partial charge in [0.1, 0.15) is 11.6 Å². The molecule has 2 rings (SSSR count). The Hall–Kier alpha value is -2.02. The molecule has 0 saturated heterocycles. The van der Waals surface area contributed by atoms with Crippen LogP contribution < -0.4 is 10.6 Å². The van der Waals surface area contributed by atoms with Gasteiger partial charge in [-0.2, -0.15) is 0 Å². The van der Waals surface area contributed by atoms with Gasteiger partial charge in [0.15, 0.2) is 0 Å². The summed E-state index contributed by atoms with van der Waals surface area (Å²) in [4.78, 5) is 15.9. The fourth-order valence-electron chi connectivity index (χ4n) is 1.60. The molecule has 0 aliphatic heterocycles. The first-order valence-corrected chi connectivity index (χ1v) is 6.40. The van der Waals surface area contributed by atoms with E-state index in [-0.39, 0.29) is 15.7 Å². The van der Waals surface area contributed by atoms with Gasteiger partial charge >= 0.3 is 0 Å².